The van der Waals surface area contributed by atoms with Crippen LogP contribution < -0.4 is 15.4 Å². The number of nitrogens with zero attached hydrogens (tertiary/aromatic N) is 2. The van der Waals surface area contributed by atoms with Gasteiger partial charge in [-0.15, -0.1) is 0 Å². The first-order chi connectivity index (χ1) is 15.1. The van der Waals surface area contributed by atoms with Crippen molar-refractivity contribution in [1.82, 2.24) is 20.5 Å². The zero-order chi connectivity index (χ0) is 21.4. The normalized spacial score (nSPS) is 35.3. The van der Waals surface area contributed by atoms with Gasteiger partial charge in [0.05, 0.1) is 11.8 Å². The van der Waals surface area contributed by atoms with Gasteiger partial charge in [-0.2, -0.15) is 0 Å². The Balaban J connectivity index is 1.20. The van der Waals surface area contributed by atoms with Crippen LogP contribution in [0.5, 0.6) is 5.75 Å². The third-order valence-corrected chi connectivity index (χ3v) is 7.79. The predicted octanol–water partition coefficient (Wildman–Crippen LogP) is 2.19. The Bertz CT molecular complexity index is 823. The summed E-state index contributed by atoms with van der Waals surface area (Å²) in [5.74, 6) is 1.81. The summed E-state index contributed by atoms with van der Waals surface area (Å²) in [6, 6.07) is 3.95. The van der Waals surface area contributed by atoms with Crippen molar-refractivity contribution < 1.29 is 14.3 Å². The minimum atomic E-state index is -0.311. The zero-order valence-corrected chi connectivity index (χ0v) is 18.4. The van der Waals surface area contributed by atoms with Crippen molar-refractivity contribution in [2.45, 2.75) is 82.5 Å². The highest BCUT2D eigenvalue weighted by molar-refractivity contribution is 5.89. The minimum Gasteiger partial charge on any atom is -0.489 e. The van der Waals surface area contributed by atoms with Gasteiger partial charge < -0.3 is 20.3 Å². The summed E-state index contributed by atoms with van der Waals surface area (Å²) < 4.78 is 6.16. The first-order valence-electron chi connectivity index (χ1n) is 12.0. The number of hydrogen-bond acceptors (Lipinski definition) is 5. The molecule has 1 aromatic heterocycles. The standard InChI is InChI=1S/C24H34N4O3/c1-15-21(5-3-11-26-15)31-19-9-7-18(8-10-19)27-24(30)23-17-12-16(13-25-14-17)20-4-2-6-22(29)28(20)23/h3,5,11,16-20,23,25H,2,4,6-10,12-14H2,1H3,(H,27,30)/t16-,17+,18?,19?,20+,23-/m1/s1. The van der Waals surface area contributed by atoms with Crippen molar-refractivity contribution in [1.29, 1.82) is 0 Å². The third-order valence-electron chi connectivity index (χ3n) is 7.79. The minimum absolute atomic E-state index is 0.0554. The lowest BCUT2D eigenvalue weighted by Gasteiger charge is -2.54. The van der Waals surface area contributed by atoms with E-state index in [0.717, 1.165) is 69.5 Å². The number of aryl methyl sites for hydroxylation is 1. The summed E-state index contributed by atoms with van der Waals surface area (Å²) >= 11 is 0. The summed E-state index contributed by atoms with van der Waals surface area (Å²) in [4.78, 5) is 32.5. The van der Waals surface area contributed by atoms with Crippen LogP contribution in [-0.4, -0.2) is 59.0 Å². The highest BCUT2D eigenvalue weighted by Crippen LogP contribution is 2.39. The van der Waals surface area contributed by atoms with Crippen molar-refractivity contribution in [3.05, 3.63) is 24.0 Å². The number of ether oxygens (including phenoxy) is 1. The first-order valence-corrected chi connectivity index (χ1v) is 12.0. The van der Waals surface area contributed by atoms with Gasteiger partial charge in [0.15, 0.2) is 0 Å². The molecular formula is C24H34N4O3. The SMILES string of the molecule is Cc1ncccc1OC1CCC(NC(=O)[C@H]2[C@@H]3CNC[C@@H](C3)[C@@H]3CCCC(=O)N32)CC1. The number of piperidine rings is 3. The van der Waals surface area contributed by atoms with Crippen LogP contribution in [0.1, 0.15) is 57.1 Å². The third kappa shape index (κ3) is 4.16. The molecule has 0 radical (unpaired) electrons. The zero-order valence-electron chi connectivity index (χ0n) is 18.4. The molecule has 2 N–H and O–H groups in total. The van der Waals surface area contributed by atoms with E-state index < -0.39 is 0 Å². The maximum Gasteiger partial charge on any atom is 0.243 e. The molecule has 2 amide bonds. The second kappa shape index (κ2) is 8.77. The average Bonchev–Trinajstić information content (AvgIpc) is 2.78. The lowest BCUT2D eigenvalue weighted by molar-refractivity contribution is -0.157. The molecule has 0 aromatic carbocycles. The molecule has 5 rings (SSSR count). The predicted molar refractivity (Wildman–Crippen MR) is 117 cm³/mol. The van der Waals surface area contributed by atoms with E-state index in [1.54, 1.807) is 6.20 Å². The Hall–Kier alpha value is -2.15. The number of pyridine rings is 1. The molecule has 4 fully saturated rings. The topological polar surface area (TPSA) is 83.6 Å². The van der Waals surface area contributed by atoms with Gasteiger partial charge >= 0.3 is 0 Å². The number of carbonyl (C=O) groups is 2. The summed E-state index contributed by atoms with van der Waals surface area (Å²) in [5, 5.41) is 6.83. The fraction of sp³-hybridized carbons (Fsp3) is 0.708. The van der Waals surface area contributed by atoms with Crippen molar-refractivity contribution in [3.8, 4) is 5.75 Å². The molecule has 7 heteroatoms. The summed E-state index contributed by atoms with van der Waals surface area (Å²) in [6.45, 7) is 3.76. The van der Waals surface area contributed by atoms with E-state index in [4.69, 9.17) is 4.74 Å². The van der Waals surface area contributed by atoms with Crippen LogP contribution >= 0.6 is 0 Å². The van der Waals surface area contributed by atoms with Crippen LogP contribution in [0, 0.1) is 18.8 Å². The molecule has 168 valence electrons. The molecule has 0 unspecified atom stereocenters. The van der Waals surface area contributed by atoms with E-state index in [2.05, 4.69) is 15.6 Å². The Labute approximate surface area is 184 Å². The van der Waals surface area contributed by atoms with E-state index >= 15 is 0 Å². The molecule has 0 spiro atoms. The van der Waals surface area contributed by atoms with Crippen molar-refractivity contribution >= 4 is 11.8 Å². The highest BCUT2D eigenvalue weighted by atomic mass is 16.5. The molecular weight excluding hydrogens is 392 g/mol. The Morgan fingerprint density at radius 1 is 1.19 bits per heavy atom. The summed E-state index contributed by atoms with van der Waals surface area (Å²) in [6.07, 6.45) is 9.24. The lowest BCUT2D eigenvalue weighted by Crippen LogP contribution is -2.68. The van der Waals surface area contributed by atoms with Gasteiger partial charge in [-0.1, -0.05) is 0 Å². The average molecular weight is 427 g/mol. The molecule has 1 saturated carbocycles. The molecule has 4 heterocycles. The number of aromatic nitrogens is 1. The Kier molecular flexibility index (Phi) is 5.87. The van der Waals surface area contributed by atoms with Crippen LogP contribution in [0.3, 0.4) is 0 Å². The molecule has 4 aliphatic rings. The van der Waals surface area contributed by atoms with Gasteiger partial charge in [0.2, 0.25) is 11.8 Å². The molecule has 3 aliphatic heterocycles. The van der Waals surface area contributed by atoms with Gasteiger partial charge in [0, 0.05) is 37.2 Å². The van der Waals surface area contributed by atoms with Gasteiger partial charge in [-0.05, 0) is 76.5 Å². The fourth-order valence-electron chi connectivity index (χ4n) is 6.24. The molecule has 7 nitrogen and oxygen atoms in total. The highest BCUT2D eigenvalue weighted by Gasteiger charge is 2.50. The number of nitrogens with one attached hydrogen (secondary N) is 2. The van der Waals surface area contributed by atoms with Gasteiger partial charge in [0.1, 0.15) is 11.8 Å². The van der Waals surface area contributed by atoms with Crippen LogP contribution in [0.15, 0.2) is 18.3 Å². The molecule has 2 bridgehead atoms. The van der Waals surface area contributed by atoms with Crippen molar-refractivity contribution in [3.63, 3.8) is 0 Å². The Morgan fingerprint density at radius 3 is 2.81 bits per heavy atom. The Morgan fingerprint density at radius 2 is 2.00 bits per heavy atom. The number of hydrogen-bond donors (Lipinski definition) is 2. The monoisotopic (exact) mass is 426 g/mol. The van der Waals surface area contributed by atoms with Gasteiger partial charge in [-0.25, -0.2) is 0 Å². The van der Waals surface area contributed by atoms with E-state index in [1.165, 1.54) is 0 Å². The van der Waals surface area contributed by atoms with Crippen LogP contribution in [-0.2, 0) is 9.59 Å². The van der Waals surface area contributed by atoms with Crippen molar-refractivity contribution in [2.24, 2.45) is 11.8 Å². The fourth-order valence-corrected chi connectivity index (χ4v) is 6.24. The number of carbonyl (C=O) groups excluding carboxylic acids is 2. The largest absolute Gasteiger partial charge is 0.489 e. The van der Waals surface area contributed by atoms with Crippen LogP contribution in [0.4, 0.5) is 0 Å². The number of rotatable bonds is 4. The van der Waals surface area contributed by atoms with Crippen molar-refractivity contribution in [2.75, 3.05) is 13.1 Å². The van der Waals surface area contributed by atoms with E-state index in [0.29, 0.717) is 12.3 Å². The first kappa shape index (κ1) is 20.7. The summed E-state index contributed by atoms with van der Waals surface area (Å²) in [5.41, 5.74) is 0.912. The van der Waals surface area contributed by atoms with Crippen LogP contribution in [0.2, 0.25) is 0 Å². The summed E-state index contributed by atoms with van der Waals surface area (Å²) in [7, 11) is 0. The molecule has 1 aliphatic carbocycles. The second-order valence-corrected chi connectivity index (χ2v) is 9.81. The molecule has 3 saturated heterocycles. The van der Waals surface area contributed by atoms with Gasteiger partial charge in [-0.3, -0.25) is 14.6 Å². The van der Waals surface area contributed by atoms with E-state index in [-0.39, 0.29) is 42.0 Å². The lowest BCUT2D eigenvalue weighted by atomic mass is 9.72. The molecule has 4 atom stereocenters. The smallest absolute Gasteiger partial charge is 0.243 e. The van der Waals surface area contributed by atoms with E-state index in [1.807, 2.05) is 24.0 Å². The molecule has 1 aromatic rings. The maximum absolute atomic E-state index is 13.4. The quantitative estimate of drug-likeness (QED) is 0.771. The van der Waals surface area contributed by atoms with Crippen LogP contribution in [0.25, 0.3) is 0 Å². The van der Waals surface area contributed by atoms with E-state index in [9.17, 15) is 9.59 Å². The van der Waals surface area contributed by atoms with Gasteiger partial charge in [0.25, 0.3) is 0 Å². The maximum atomic E-state index is 13.4. The number of fused-ring (bicyclic) bond motifs is 4. The number of amides is 2. The molecule has 31 heavy (non-hydrogen) atoms. The second-order valence-electron chi connectivity index (χ2n) is 9.81.